The van der Waals surface area contributed by atoms with Crippen LogP contribution in [-0.2, 0) is 6.54 Å². The zero-order chi connectivity index (χ0) is 19.8. The Bertz CT molecular complexity index is 1200. The van der Waals surface area contributed by atoms with Gasteiger partial charge in [-0.05, 0) is 43.2 Å². The lowest BCUT2D eigenvalue weighted by Gasteiger charge is -2.03. The highest BCUT2D eigenvalue weighted by molar-refractivity contribution is 5.55. The van der Waals surface area contributed by atoms with Crippen molar-refractivity contribution < 1.29 is 13.8 Å². The van der Waals surface area contributed by atoms with Crippen LogP contribution in [0.3, 0.4) is 0 Å². The fourth-order valence-corrected chi connectivity index (χ4v) is 2.96. The Morgan fingerprint density at radius 2 is 1.83 bits per heavy atom. The number of ether oxygens (including phenoxy) is 1. The summed E-state index contributed by atoms with van der Waals surface area (Å²) in [5.74, 6) is 3.01. The number of hydrogen-bond acceptors (Lipinski definition) is 8. The smallest absolute Gasteiger partial charge is 0.259 e. The Hall–Kier alpha value is -3.75. The van der Waals surface area contributed by atoms with Gasteiger partial charge in [0.05, 0.1) is 12.7 Å². The second-order valence-corrected chi connectivity index (χ2v) is 6.86. The molecule has 29 heavy (non-hydrogen) atoms. The molecule has 3 aromatic heterocycles. The molecule has 0 N–H and O–H groups in total. The second kappa shape index (κ2) is 7.01. The fourth-order valence-electron chi connectivity index (χ4n) is 2.96. The van der Waals surface area contributed by atoms with E-state index in [9.17, 15) is 4.79 Å². The lowest BCUT2D eigenvalue weighted by molar-refractivity contribution is 0.370. The Morgan fingerprint density at radius 1 is 1.03 bits per heavy atom. The highest BCUT2D eigenvalue weighted by Gasteiger charge is 2.29. The van der Waals surface area contributed by atoms with Crippen LogP contribution in [0.15, 0.2) is 56.4 Å². The van der Waals surface area contributed by atoms with Gasteiger partial charge in [-0.1, -0.05) is 10.3 Å². The maximum Gasteiger partial charge on any atom is 0.259 e. The number of aromatic nitrogens is 5. The van der Waals surface area contributed by atoms with Gasteiger partial charge >= 0.3 is 0 Å². The largest absolute Gasteiger partial charge is 0.497 e. The third-order valence-electron chi connectivity index (χ3n) is 4.74. The van der Waals surface area contributed by atoms with Gasteiger partial charge in [-0.3, -0.25) is 4.79 Å². The van der Waals surface area contributed by atoms with E-state index < -0.39 is 0 Å². The summed E-state index contributed by atoms with van der Waals surface area (Å²) in [5, 5.41) is 8.01. The molecule has 0 bridgehead atoms. The zero-order valence-corrected chi connectivity index (χ0v) is 15.6. The van der Waals surface area contributed by atoms with Crippen molar-refractivity contribution in [3.8, 4) is 28.6 Å². The van der Waals surface area contributed by atoms with Crippen LogP contribution < -0.4 is 10.3 Å². The Labute approximate surface area is 164 Å². The van der Waals surface area contributed by atoms with E-state index in [4.69, 9.17) is 13.8 Å². The average molecular weight is 391 g/mol. The molecule has 9 heteroatoms. The van der Waals surface area contributed by atoms with Crippen molar-refractivity contribution in [3.05, 3.63) is 64.7 Å². The topological polar surface area (TPSA) is 109 Å². The molecule has 0 aliphatic heterocycles. The molecular weight excluding hydrogens is 374 g/mol. The summed E-state index contributed by atoms with van der Waals surface area (Å²) in [6.45, 7) is 0.138. The van der Waals surface area contributed by atoms with E-state index in [0.29, 0.717) is 29.1 Å². The number of nitrogens with zero attached hydrogens (tertiary/aromatic N) is 5. The van der Waals surface area contributed by atoms with E-state index >= 15 is 0 Å². The molecular formula is C20H17N5O4. The summed E-state index contributed by atoms with van der Waals surface area (Å²) in [5.41, 5.74) is 1.26. The van der Waals surface area contributed by atoms with Crippen molar-refractivity contribution in [1.29, 1.82) is 0 Å². The number of hydrogen-bond donors (Lipinski definition) is 0. The summed E-state index contributed by atoms with van der Waals surface area (Å²) in [4.78, 5) is 21.1. The van der Waals surface area contributed by atoms with Gasteiger partial charge in [0.1, 0.15) is 12.3 Å². The predicted octanol–water partition coefficient (Wildman–Crippen LogP) is 2.88. The average Bonchev–Trinajstić information content (AvgIpc) is 3.29. The maximum atomic E-state index is 12.3. The van der Waals surface area contributed by atoms with E-state index in [-0.39, 0.29) is 12.1 Å². The fraction of sp³-hybridized carbons (Fsp3) is 0.250. The minimum atomic E-state index is -0.195. The lowest BCUT2D eigenvalue weighted by Crippen LogP contribution is -2.19. The monoisotopic (exact) mass is 391 g/mol. The van der Waals surface area contributed by atoms with Gasteiger partial charge in [0.15, 0.2) is 5.82 Å². The Balaban J connectivity index is 1.38. The number of pyridine rings is 1. The van der Waals surface area contributed by atoms with Crippen LogP contribution in [0.2, 0.25) is 0 Å². The third-order valence-corrected chi connectivity index (χ3v) is 4.74. The van der Waals surface area contributed by atoms with E-state index in [1.165, 1.54) is 10.6 Å². The molecule has 1 aliphatic rings. The van der Waals surface area contributed by atoms with Gasteiger partial charge in [-0.25, -0.2) is 0 Å². The first kappa shape index (κ1) is 17.4. The first-order valence-electron chi connectivity index (χ1n) is 9.21. The Morgan fingerprint density at radius 3 is 2.59 bits per heavy atom. The molecule has 1 aromatic carbocycles. The molecule has 0 unspecified atom stereocenters. The van der Waals surface area contributed by atoms with Crippen LogP contribution in [0.1, 0.15) is 30.5 Å². The van der Waals surface area contributed by atoms with Gasteiger partial charge < -0.3 is 18.4 Å². The molecule has 0 saturated heterocycles. The van der Waals surface area contributed by atoms with Crippen LogP contribution >= 0.6 is 0 Å². The standard InChI is InChI=1S/C20H17N5O4/c1-27-15-7-4-13(5-8-15)18-21-16(28-23-18)11-25-10-14(6-9-17(25)26)20-22-19(24-29-20)12-2-3-12/h4-10,12H,2-3,11H2,1H3. The maximum absolute atomic E-state index is 12.3. The van der Waals surface area contributed by atoms with Gasteiger partial charge in [0.25, 0.3) is 11.4 Å². The van der Waals surface area contributed by atoms with Gasteiger partial charge in [0, 0.05) is 23.7 Å². The van der Waals surface area contributed by atoms with Gasteiger partial charge in [-0.15, -0.1) is 0 Å². The molecule has 0 amide bonds. The molecule has 1 fully saturated rings. The minimum Gasteiger partial charge on any atom is -0.497 e. The number of benzene rings is 1. The van der Waals surface area contributed by atoms with Crippen LogP contribution in [0, 0.1) is 0 Å². The van der Waals surface area contributed by atoms with Crippen molar-refractivity contribution in [3.63, 3.8) is 0 Å². The highest BCUT2D eigenvalue weighted by Crippen LogP contribution is 2.38. The molecule has 0 spiro atoms. The molecule has 9 nitrogen and oxygen atoms in total. The predicted molar refractivity (Wildman–Crippen MR) is 101 cm³/mol. The zero-order valence-electron chi connectivity index (χ0n) is 15.6. The molecule has 1 saturated carbocycles. The minimum absolute atomic E-state index is 0.138. The molecule has 3 heterocycles. The van der Waals surface area contributed by atoms with Crippen LogP contribution in [0.4, 0.5) is 0 Å². The first-order chi connectivity index (χ1) is 14.2. The molecule has 4 aromatic rings. The molecule has 0 atom stereocenters. The summed E-state index contributed by atoms with van der Waals surface area (Å²) in [7, 11) is 1.61. The highest BCUT2D eigenvalue weighted by atomic mass is 16.5. The van der Waals surface area contributed by atoms with Crippen LogP contribution in [0.5, 0.6) is 5.75 Å². The van der Waals surface area contributed by atoms with E-state index in [0.717, 1.165) is 30.0 Å². The van der Waals surface area contributed by atoms with Crippen molar-refractivity contribution in [2.75, 3.05) is 7.11 Å². The van der Waals surface area contributed by atoms with Crippen molar-refractivity contribution in [2.45, 2.75) is 25.3 Å². The van der Waals surface area contributed by atoms with E-state index in [2.05, 4.69) is 20.3 Å². The van der Waals surface area contributed by atoms with Gasteiger partial charge in [0.2, 0.25) is 11.7 Å². The number of rotatable bonds is 6. The van der Waals surface area contributed by atoms with Crippen molar-refractivity contribution in [1.82, 2.24) is 24.8 Å². The quantitative estimate of drug-likeness (QED) is 0.493. The summed E-state index contributed by atoms with van der Waals surface area (Å²) in [6, 6.07) is 10.4. The second-order valence-electron chi connectivity index (χ2n) is 6.86. The van der Waals surface area contributed by atoms with E-state index in [1.807, 2.05) is 24.3 Å². The van der Waals surface area contributed by atoms with Crippen molar-refractivity contribution >= 4 is 0 Å². The summed E-state index contributed by atoms with van der Waals surface area (Å²) >= 11 is 0. The van der Waals surface area contributed by atoms with Crippen LogP contribution in [0.25, 0.3) is 22.8 Å². The molecule has 5 rings (SSSR count). The normalized spacial score (nSPS) is 13.6. The van der Waals surface area contributed by atoms with Gasteiger partial charge in [-0.2, -0.15) is 9.97 Å². The Kier molecular flexibility index (Phi) is 4.19. The number of methoxy groups -OCH3 is 1. The van der Waals surface area contributed by atoms with Crippen molar-refractivity contribution in [2.24, 2.45) is 0 Å². The molecule has 0 radical (unpaired) electrons. The first-order valence-corrected chi connectivity index (χ1v) is 9.21. The molecule has 1 aliphatic carbocycles. The van der Waals surface area contributed by atoms with Crippen LogP contribution in [-0.4, -0.2) is 32.0 Å². The third kappa shape index (κ3) is 3.54. The summed E-state index contributed by atoms with van der Waals surface area (Å²) in [6.07, 6.45) is 3.84. The summed E-state index contributed by atoms with van der Waals surface area (Å²) < 4.78 is 17.3. The molecule has 146 valence electrons. The lowest BCUT2D eigenvalue weighted by atomic mass is 10.2. The van der Waals surface area contributed by atoms with E-state index in [1.54, 1.807) is 19.4 Å². The SMILES string of the molecule is COc1ccc(-c2noc(Cn3cc(-c4nc(C5CC5)no4)ccc3=O)n2)cc1.